The van der Waals surface area contributed by atoms with Gasteiger partial charge in [-0.25, -0.2) is 4.79 Å². The molecule has 3 rings (SSSR count). The molecule has 6 nitrogen and oxygen atoms in total. The van der Waals surface area contributed by atoms with E-state index in [-0.39, 0.29) is 5.78 Å². The molecule has 0 spiro atoms. The molecule has 0 amide bonds. The number of aliphatic carboxylic acids is 1. The summed E-state index contributed by atoms with van der Waals surface area (Å²) in [6.07, 6.45) is 0.380. The van der Waals surface area contributed by atoms with Crippen molar-refractivity contribution < 1.29 is 19.1 Å². The molecular weight excluding hydrogens is 250 g/mol. The smallest absolute Gasteiger partial charge is 0.419 e. The van der Waals surface area contributed by atoms with Crippen LogP contribution in [0, 0.1) is 11.8 Å². The number of hydrogen-bond donors (Lipinski definition) is 1. The van der Waals surface area contributed by atoms with Crippen LogP contribution in [0.2, 0.25) is 0 Å². The van der Waals surface area contributed by atoms with Crippen molar-refractivity contribution in [3.05, 3.63) is 34.3 Å². The predicted octanol–water partition coefficient (Wildman–Crippen LogP) is 1.03. The molecule has 1 aliphatic carbocycles. The van der Waals surface area contributed by atoms with Gasteiger partial charge in [0.25, 0.3) is 0 Å². The van der Waals surface area contributed by atoms with E-state index in [0.29, 0.717) is 23.1 Å². The van der Waals surface area contributed by atoms with Crippen molar-refractivity contribution in [3.8, 4) is 0 Å². The standard InChI is InChI=1S/C13H11NO5/c1-14-9-3-2-6(4-10(9)19-13(14)18)11(15)7-5-8(7)12(16)17/h2-4,7-8H,5H2,1H3,(H,16,17). The molecule has 1 aliphatic rings. The summed E-state index contributed by atoms with van der Waals surface area (Å²) in [4.78, 5) is 34.2. The molecule has 0 aliphatic heterocycles. The molecule has 1 heterocycles. The number of carbonyl (C=O) groups excluding carboxylic acids is 1. The SMILES string of the molecule is Cn1c(=O)oc2cc(C(=O)C3CC3C(=O)O)ccc21. The quantitative estimate of drug-likeness (QED) is 0.833. The summed E-state index contributed by atoms with van der Waals surface area (Å²) in [5.41, 5.74) is 1.33. The molecular formula is C13H11NO5. The Morgan fingerprint density at radius 2 is 2.11 bits per heavy atom. The minimum atomic E-state index is -0.939. The van der Waals surface area contributed by atoms with Gasteiger partial charge in [0.1, 0.15) is 0 Å². The lowest BCUT2D eigenvalue weighted by atomic mass is 10.1. The average Bonchev–Trinajstić information content (AvgIpc) is 3.12. The number of carbonyl (C=O) groups is 2. The summed E-state index contributed by atoms with van der Waals surface area (Å²) in [5.74, 6) is -2.67. The molecule has 0 radical (unpaired) electrons. The van der Waals surface area contributed by atoms with Gasteiger partial charge in [-0.1, -0.05) is 0 Å². The Bertz CT molecular complexity index is 754. The number of aryl methyl sites for hydroxylation is 1. The molecule has 2 unspecified atom stereocenters. The number of carboxylic acids is 1. The summed E-state index contributed by atoms with van der Waals surface area (Å²) in [6, 6.07) is 4.72. The van der Waals surface area contributed by atoms with Crippen molar-refractivity contribution in [1.82, 2.24) is 4.57 Å². The fourth-order valence-electron chi connectivity index (χ4n) is 2.26. The van der Waals surface area contributed by atoms with Gasteiger partial charge >= 0.3 is 11.7 Å². The van der Waals surface area contributed by atoms with Crippen LogP contribution in [0.5, 0.6) is 0 Å². The third-order valence-corrected chi connectivity index (χ3v) is 3.52. The number of fused-ring (bicyclic) bond motifs is 1. The Kier molecular flexibility index (Phi) is 2.35. The molecule has 98 valence electrons. The largest absolute Gasteiger partial charge is 0.481 e. The van der Waals surface area contributed by atoms with Crippen molar-refractivity contribution in [1.29, 1.82) is 0 Å². The van der Waals surface area contributed by atoms with E-state index in [0.717, 1.165) is 0 Å². The highest BCUT2D eigenvalue weighted by Gasteiger charge is 2.48. The highest BCUT2D eigenvalue weighted by atomic mass is 16.4. The first-order valence-corrected chi connectivity index (χ1v) is 5.85. The summed E-state index contributed by atoms with van der Waals surface area (Å²) in [5, 5.41) is 8.82. The van der Waals surface area contributed by atoms with Crippen LogP contribution < -0.4 is 5.76 Å². The average molecular weight is 261 g/mol. The van der Waals surface area contributed by atoms with E-state index in [2.05, 4.69) is 0 Å². The van der Waals surface area contributed by atoms with Gasteiger partial charge < -0.3 is 9.52 Å². The van der Waals surface area contributed by atoms with Crippen LogP contribution >= 0.6 is 0 Å². The van der Waals surface area contributed by atoms with Crippen LogP contribution in [0.4, 0.5) is 0 Å². The lowest BCUT2D eigenvalue weighted by molar-refractivity contribution is -0.138. The summed E-state index contributed by atoms with van der Waals surface area (Å²) in [6.45, 7) is 0. The fraction of sp³-hybridized carbons (Fsp3) is 0.308. The van der Waals surface area contributed by atoms with Crippen molar-refractivity contribution >= 4 is 22.9 Å². The summed E-state index contributed by atoms with van der Waals surface area (Å²) >= 11 is 0. The highest BCUT2D eigenvalue weighted by Crippen LogP contribution is 2.41. The Morgan fingerprint density at radius 3 is 2.74 bits per heavy atom. The Labute approximate surface area is 107 Å². The van der Waals surface area contributed by atoms with Crippen molar-refractivity contribution in [2.24, 2.45) is 18.9 Å². The predicted molar refractivity (Wildman–Crippen MR) is 65.0 cm³/mol. The van der Waals surface area contributed by atoms with Crippen molar-refractivity contribution in [2.75, 3.05) is 0 Å². The maximum absolute atomic E-state index is 12.1. The van der Waals surface area contributed by atoms with Crippen molar-refractivity contribution in [3.63, 3.8) is 0 Å². The maximum atomic E-state index is 12.1. The second-order valence-corrected chi connectivity index (χ2v) is 4.76. The molecule has 2 atom stereocenters. The maximum Gasteiger partial charge on any atom is 0.419 e. The van der Waals surface area contributed by atoms with Gasteiger partial charge in [0.2, 0.25) is 0 Å². The van der Waals surface area contributed by atoms with E-state index in [9.17, 15) is 14.4 Å². The minimum Gasteiger partial charge on any atom is -0.481 e. The molecule has 2 aromatic rings. The van der Waals surface area contributed by atoms with Gasteiger partial charge in [-0.15, -0.1) is 0 Å². The number of nitrogens with zero attached hydrogens (tertiary/aromatic N) is 1. The first-order chi connectivity index (χ1) is 8.99. The van der Waals surface area contributed by atoms with Gasteiger partial charge in [0, 0.05) is 18.5 Å². The zero-order valence-corrected chi connectivity index (χ0v) is 10.1. The topological polar surface area (TPSA) is 89.5 Å². The molecule has 19 heavy (non-hydrogen) atoms. The van der Waals surface area contributed by atoms with E-state index in [4.69, 9.17) is 9.52 Å². The third kappa shape index (κ3) is 1.76. The molecule has 1 N–H and O–H groups in total. The third-order valence-electron chi connectivity index (χ3n) is 3.52. The normalized spacial score (nSPS) is 21.5. The number of hydrogen-bond acceptors (Lipinski definition) is 4. The van der Waals surface area contributed by atoms with Gasteiger partial charge in [0.15, 0.2) is 11.4 Å². The van der Waals surface area contributed by atoms with Crippen LogP contribution in [0.15, 0.2) is 27.4 Å². The Morgan fingerprint density at radius 1 is 1.37 bits per heavy atom. The molecule has 1 saturated carbocycles. The molecule has 0 bridgehead atoms. The number of ketones is 1. The number of rotatable bonds is 3. The summed E-state index contributed by atoms with van der Waals surface area (Å²) < 4.78 is 6.35. The van der Waals surface area contributed by atoms with Gasteiger partial charge in [-0.05, 0) is 24.6 Å². The van der Waals surface area contributed by atoms with Crippen LogP contribution in [-0.4, -0.2) is 21.4 Å². The molecule has 1 aromatic heterocycles. The van der Waals surface area contributed by atoms with E-state index in [1.807, 2.05) is 0 Å². The number of Topliss-reactive ketones (excluding diaryl/α,β-unsaturated/α-hetero) is 1. The van der Waals surface area contributed by atoms with E-state index >= 15 is 0 Å². The highest BCUT2D eigenvalue weighted by molar-refractivity contribution is 6.04. The monoisotopic (exact) mass is 261 g/mol. The van der Waals surface area contributed by atoms with E-state index in [1.165, 1.54) is 10.6 Å². The fourth-order valence-corrected chi connectivity index (χ4v) is 2.26. The van der Waals surface area contributed by atoms with Gasteiger partial charge in [0.05, 0.1) is 11.4 Å². The van der Waals surface area contributed by atoms with Crippen LogP contribution in [-0.2, 0) is 11.8 Å². The van der Waals surface area contributed by atoms with E-state index < -0.39 is 23.6 Å². The Hall–Kier alpha value is -2.37. The Balaban J connectivity index is 1.96. The van der Waals surface area contributed by atoms with Crippen LogP contribution in [0.3, 0.4) is 0 Å². The van der Waals surface area contributed by atoms with E-state index in [1.54, 1.807) is 19.2 Å². The minimum absolute atomic E-state index is 0.208. The number of aromatic nitrogens is 1. The first-order valence-electron chi connectivity index (χ1n) is 5.85. The number of oxazole rings is 1. The first kappa shape index (κ1) is 11.7. The van der Waals surface area contributed by atoms with Crippen LogP contribution in [0.1, 0.15) is 16.8 Å². The molecule has 6 heteroatoms. The van der Waals surface area contributed by atoms with Crippen LogP contribution in [0.25, 0.3) is 11.1 Å². The second kappa shape index (κ2) is 3.81. The zero-order chi connectivity index (χ0) is 13.7. The zero-order valence-electron chi connectivity index (χ0n) is 10.1. The van der Waals surface area contributed by atoms with Gasteiger partial charge in [-0.3, -0.25) is 14.2 Å². The lowest BCUT2D eigenvalue weighted by Gasteiger charge is -1.99. The van der Waals surface area contributed by atoms with Crippen molar-refractivity contribution in [2.45, 2.75) is 6.42 Å². The number of benzene rings is 1. The molecule has 1 fully saturated rings. The van der Waals surface area contributed by atoms with Gasteiger partial charge in [-0.2, -0.15) is 0 Å². The molecule has 0 saturated heterocycles. The lowest BCUT2D eigenvalue weighted by Crippen LogP contribution is -2.08. The molecule has 1 aromatic carbocycles. The number of carboxylic acid groups (broad SMARTS) is 1. The second-order valence-electron chi connectivity index (χ2n) is 4.76. The summed E-state index contributed by atoms with van der Waals surface area (Å²) in [7, 11) is 1.58.